The molecule has 0 N–H and O–H groups in total. The van der Waals surface area contributed by atoms with Crippen LogP contribution in [0.25, 0.3) is 5.57 Å². The molecule has 2 aromatic rings. The molecule has 8 heteroatoms. The molecule has 0 unspecified atom stereocenters. The average molecular weight is 400 g/mol. The molecule has 4 nitrogen and oxygen atoms in total. The number of halogens is 4. The van der Waals surface area contributed by atoms with Crippen molar-refractivity contribution in [2.45, 2.75) is 0 Å². The number of hydrogen-bond acceptors (Lipinski definition) is 4. The molecule has 0 aliphatic rings. The summed E-state index contributed by atoms with van der Waals surface area (Å²) >= 11 is 24.2. The van der Waals surface area contributed by atoms with Crippen LogP contribution in [0.4, 0.5) is 0 Å². The van der Waals surface area contributed by atoms with Crippen molar-refractivity contribution in [3.05, 3.63) is 62.1 Å². The highest BCUT2D eigenvalue weighted by Crippen LogP contribution is 2.37. The van der Waals surface area contributed by atoms with E-state index in [0.717, 1.165) is 0 Å². The SMILES string of the molecule is N#COc1ccc(C(=C(Cl)Cl)c2ccc(OC#N)c(Cl)c2)cc1Cl. The number of ether oxygens (including phenoxy) is 2. The smallest absolute Gasteiger partial charge is 0.292 e. The Morgan fingerprint density at radius 3 is 1.50 bits per heavy atom. The molecule has 0 heterocycles. The first-order valence-electron chi connectivity index (χ1n) is 6.25. The van der Waals surface area contributed by atoms with Crippen LogP contribution in [-0.4, -0.2) is 0 Å². The topological polar surface area (TPSA) is 66.0 Å². The van der Waals surface area contributed by atoms with Crippen LogP contribution in [0, 0.1) is 23.0 Å². The van der Waals surface area contributed by atoms with Gasteiger partial charge in [-0.2, -0.15) is 0 Å². The molecule has 2 rings (SSSR count). The summed E-state index contributed by atoms with van der Waals surface area (Å²) in [5.74, 6) is 0.424. The van der Waals surface area contributed by atoms with Crippen LogP contribution in [0.5, 0.6) is 11.5 Å². The van der Waals surface area contributed by atoms with Gasteiger partial charge in [-0.1, -0.05) is 58.5 Å². The molecule has 0 saturated carbocycles. The van der Waals surface area contributed by atoms with Crippen molar-refractivity contribution in [3.8, 4) is 24.0 Å². The van der Waals surface area contributed by atoms with Crippen LogP contribution in [0.1, 0.15) is 11.1 Å². The summed E-state index contributed by atoms with van der Waals surface area (Å²) in [6, 6.07) is 9.45. The molecule has 0 atom stereocenters. The number of rotatable bonds is 4. The number of nitriles is 2. The minimum Gasteiger partial charge on any atom is -0.386 e. The Kier molecular flexibility index (Phi) is 6.20. The second-order valence-electron chi connectivity index (χ2n) is 4.31. The fourth-order valence-electron chi connectivity index (χ4n) is 1.96. The highest BCUT2D eigenvalue weighted by Gasteiger charge is 2.14. The van der Waals surface area contributed by atoms with E-state index in [1.54, 1.807) is 36.8 Å². The first-order valence-corrected chi connectivity index (χ1v) is 7.76. The van der Waals surface area contributed by atoms with E-state index in [-0.39, 0.29) is 26.0 Å². The molecule has 0 aromatic heterocycles. The highest BCUT2D eigenvalue weighted by molar-refractivity contribution is 6.59. The van der Waals surface area contributed by atoms with E-state index in [1.807, 2.05) is 0 Å². The molecule has 0 saturated heterocycles. The second-order valence-corrected chi connectivity index (χ2v) is 6.08. The summed E-state index contributed by atoms with van der Waals surface area (Å²) in [5.41, 5.74) is 1.65. The first-order chi connectivity index (χ1) is 11.5. The van der Waals surface area contributed by atoms with Crippen LogP contribution in [0.2, 0.25) is 10.0 Å². The lowest BCUT2D eigenvalue weighted by Gasteiger charge is -2.11. The Hall–Kier alpha value is -2.08. The zero-order valence-electron chi connectivity index (χ0n) is 11.7. The zero-order valence-corrected chi connectivity index (χ0v) is 14.7. The Labute approximate surface area is 157 Å². The zero-order chi connectivity index (χ0) is 17.7. The van der Waals surface area contributed by atoms with Crippen molar-refractivity contribution in [3.63, 3.8) is 0 Å². The van der Waals surface area contributed by atoms with E-state index in [2.05, 4.69) is 0 Å². The van der Waals surface area contributed by atoms with Crippen molar-refractivity contribution in [1.82, 2.24) is 0 Å². The van der Waals surface area contributed by atoms with Crippen LogP contribution < -0.4 is 9.47 Å². The van der Waals surface area contributed by atoms with E-state index in [4.69, 9.17) is 66.4 Å². The second kappa shape index (κ2) is 8.15. The molecule has 0 aliphatic carbocycles. The molecule has 2 aromatic carbocycles. The van der Waals surface area contributed by atoms with Gasteiger partial charge in [0.1, 0.15) is 4.49 Å². The summed E-state index contributed by atoms with van der Waals surface area (Å²) < 4.78 is 9.44. The van der Waals surface area contributed by atoms with Crippen molar-refractivity contribution < 1.29 is 9.47 Å². The van der Waals surface area contributed by atoms with Crippen LogP contribution in [-0.2, 0) is 0 Å². The number of benzene rings is 2. The molecule has 24 heavy (non-hydrogen) atoms. The van der Waals surface area contributed by atoms with Gasteiger partial charge in [0.2, 0.25) is 0 Å². The van der Waals surface area contributed by atoms with Gasteiger partial charge in [-0.3, -0.25) is 0 Å². The van der Waals surface area contributed by atoms with E-state index in [9.17, 15) is 0 Å². The Morgan fingerprint density at radius 2 is 1.21 bits per heavy atom. The predicted octanol–water partition coefficient (Wildman–Crippen LogP) is 5.91. The summed E-state index contributed by atoms with van der Waals surface area (Å²) in [6.07, 6.45) is 3.09. The largest absolute Gasteiger partial charge is 0.386 e. The molecule has 0 spiro atoms. The Bertz CT molecular complexity index is 826. The molecule has 0 amide bonds. The maximum atomic E-state index is 8.56. The molecule has 0 radical (unpaired) electrons. The fourth-order valence-corrected chi connectivity index (χ4v) is 2.84. The first kappa shape index (κ1) is 18.3. The summed E-state index contributed by atoms with van der Waals surface area (Å²) in [6.45, 7) is 0. The quantitative estimate of drug-likeness (QED) is 0.599. The van der Waals surface area contributed by atoms with Gasteiger partial charge < -0.3 is 9.47 Å². The summed E-state index contributed by atoms with van der Waals surface area (Å²) in [7, 11) is 0. The van der Waals surface area contributed by atoms with Crippen molar-refractivity contribution in [2.24, 2.45) is 0 Å². The normalized spacial score (nSPS) is 9.58. The third-order valence-electron chi connectivity index (χ3n) is 2.94. The van der Waals surface area contributed by atoms with Crippen molar-refractivity contribution >= 4 is 52.0 Å². The highest BCUT2D eigenvalue weighted by atomic mass is 35.5. The van der Waals surface area contributed by atoms with Crippen LogP contribution in [0.3, 0.4) is 0 Å². The standard InChI is InChI=1S/C16H6Cl4N2O2/c17-11-5-9(1-3-13(11)23-7-21)15(16(19)20)10-2-4-14(24-8-22)12(18)6-10/h1-6H. The van der Waals surface area contributed by atoms with Gasteiger partial charge in [0, 0.05) is 5.57 Å². The lowest BCUT2D eigenvalue weighted by atomic mass is 9.99. The monoisotopic (exact) mass is 398 g/mol. The molecule has 0 fully saturated rings. The lowest BCUT2D eigenvalue weighted by molar-refractivity contribution is 0.507. The van der Waals surface area contributed by atoms with Gasteiger partial charge in [0.05, 0.1) is 10.0 Å². The van der Waals surface area contributed by atoms with Gasteiger partial charge in [0.25, 0.3) is 12.5 Å². The molecule has 120 valence electrons. The summed E-state index contributed by atoms with van der Waals surface area (Å²) in [4.78, 5) is 0. The van der Waals surface area contributed by atoms with Gasteiger partial charge in [-0.05, 0) is 35.4 Å². The van der Waals surface area contributed by atoms with E-state index in [0.29, 0.717) is 16.7 Å². The van der Waals surface area contributed by atoms with Crippen molar-refractivity contribution in [1.29, 1.82) is 10.5 Å². The predicted molar refractivity (Wildman–Crippen MR) is 93.1 cm³/mol. The van der Waals surface area contributed by atoms with Gasteiger partial charge in [0.15, 0.2) is 11.5 Å². The third kappa shape index (κ3) is 4.06. The third-order valence-corrected chi connectivity index (χ3v) is 3.91. The van der Waals surface area contributed by atoms with Gasteiger partial charge in [-0.25, -0.2) is 0 Å². The van der Waals surface area contributed by atoms with Gasteiger partial charge >= 0.3 is 0 Å². The van der Waals surface area contributed by atoms with E-state index >= 15 is 0 Å². The van der Waals surface area contributed by atoms with E-state index < -0.39 is 0 Å². The minimum absolute atomic E-state index is 0.00923. The Balaban J connectivity index is 2.51. The number of nitrogens with zero attached hydrogens (tertiary/aromatic N) is 2. The fraction of sp³-hybridized carbons (Fsp3) is 0. The molecule has 0 bridgehead atoms. The van der Waals surface area contributed by atoms with E-state index in [1.165, 1.54) is 12.1 Å². The van der Waals surface area contributed by atoms with Crippen LogP contribution >= 0.6 is 46.4 Å². The molecular formula is C16H6Cl4N2O2. The average Bonchev–Trinajstić information content (AvgIpc) is 2.52. The summed E-state index contributed by atoms with van der Waals surface area (Å²) in [5, 5.41) is 17.6. The van der Waals surface area contributed by atoms with Gasteiger partial charge in [-0.15, -0.1) is 10.5 Å². The maximum Gasteiger partial charge on any atom is 0.292 e. The maximum absolute atomic E-state index is 8.56. The Morgan fingerprint density at radius 1 is 0.792 bits per heavy atom. The van der Waals surface area contributed by atoms with Crippen molar-refractivity contribution in [2.75, 3.05) is 0 Å². The molecule has 0 aliphatic heterocycles. The number of hydrogen-bond donors (Lipinski definition) is 0. The minimum atomic E-state index is -0.00923. The molecular weight excluding hydrogens is 394 g/mol. The lowest BCUT2D eigenvalue weighted by Crippen LogP contribution is -1.92. The van der Waals surface area contributed by atoms with Crippen LogP contribution in [0.15, 0.2) is 40.9 Å².